The van der Waals surface area contributed by atoms with E-state index in [1.807, 2.05) is 39.1 Å². The molecule has 3 nitrogen and oxygen atoms in total. The third-order valence-corrected chi connectivity index (χ3v) is 4.77. The standard InChI is InChI=1S/C18H16BrClFN3/c1-10-4-7-16(15(20)8-10)22-18-17(11(2)23-24(18)3)13-6-5-12(21)9-14(13)19/h4-9,22H,1-3H3. The van der Waals surface area contributed by atoms with Gasteiger partial charge in [-0.1, -0.05) is 39.7 Å². The zero-order valence-corrected chi connectivity index (χ0v) is 15.8. The molecule has 1 aromatic heterocycles. The first-order chi connectivity index (χ1) is 11.4. The lowest BCUT2D eigenvalue weighted by Gasteiger charge is -2.13. The number of anilines is 2. The second kappa shape index (κ2) is 6.57. The first kappa shape index (κ1) is 17.0. The number of benzene rings is 2. The quantitative estimate of drug-likeness (QED) is 0.576. The van der Waals surface area contributed by atoms with Crippen LogP contribution in [0.1, 0.15) is 11.3 Å². The highest BCUT2D eigenvalue weighted by molar-refractivity contribution is 9.10. The van der Waals surface area contributed by atoms with Crippen LogP contribution in [0.3, 0.4) is 0 Å². The third kappa shape index (κ3) is 3.19. The van der Waals surface area contributed by atoms with E-state index < -0.39 is 0 Å². The maximum Gasteiger partial charge on any atom is 0.136 e. The molecule has 0 aliphatic carbocycles. The van der Waals surface area contributed by atoms with Crippen LogP contribution < -0.4 is 5.32 Å². The molecule has 3 rings (SSSR count). The zero-order valence-electron chi connectivity index (χ0n) is 13.5. The van der Waals surface area contributed by atoms with E-state index in [2.05, 4.69) is 26.3 Å². The molecule has 1 N–H and O–H groups in total. The van der Waals surface area contributed by atoms with Gasteiger partial charge in [-0.3, -0.25) is 4.68 Å². The number of halogens is 3. The van der Waals surface area contributed by atoms with E-state index in [-0.39, 0.29) is 5.82 Å². The van der Waals surface area contributed by atoms with E-state index in [4.69, 9.17) is 11.6 Å². The Morgan fingerprint density at radius 1 is 1.17 bits per heavy atom. The van der Waals surface area contributed by atoms with Crippen molar-refractivity contribution in [2.24, 2.45) is 7.05 Å². The number of hydrogen-bond donors (Lipinski definition) is 1. The number of aryl methyl sites for hydroxylation is 3. The minimum atomic E-state index is -0.289. The lowest BCUT2D eigenvalue weighted by atomic mass is 10.1. The number of nitrogens with zero attached hydrogens (tertiary/aromatic N) is 2. The summed E-state index contributed by atoms with van der Waals surface area (Å²) in [6.07, 6.45) is 0. The van der Waals surface area contributed by atoms with Crippen LogP contribution in [0.25, 0.3) is 11.1 Å². The van der Waals surface area contributed by atoms with Gasteiger partial charge in [0, 0.05) is 22.6 Å². The van der Waals surface area contributed by atoms with Gasteiger partial charge in [-0.2, -0.15) is 5.10 Å². The van der Waals surface area contributed by atoms with E-state index >= 15 is 0 Å². The van der Waals surface area contributed by atoms with Gasteiger partial charge in [-0.05, 0) is 43.7 Å². The van der Waals surface area contributed by atoms with Crippen molar-refractivity contribution in [1.82, 2.24) is 9.78 Å². The Morgan fingerprint density at radius 3 is 2.58 bits per heavy atom. The molecule has 0 saturated carbocycles. The van der Waals surface area contributed by atoms with Crippen LogP contribution in [0.15, 0.2) is 40.9 Å². The summed E-state index contributed by atoms with van der Waals surface area (Å²) in [5, 5.41) is 8.48. The molecule has 24 heavy (non-hydrogen) atoms. The van der Waals surface area contributed by atoms with Crippen molar-refractivity contribution in [1.29, 1.82) is 0 Å². The molecule has 6 heteroatoms. The number of rotatable bonds is 3. The summed E-state index contributed by atoms with van der Waals surface area (Å²) in [4.78, 5) is 0. The maximum atomic E-state index is 13.4. The Hall–Kier alpha value is -1.85. The van der Waals surface area contributed by atoms with E-state index in [0.717, 1.165) is 33.9 Å². The van der Waals surface area contributed by atoms with Gasteiger partial charge in [0.1, 0.15) is 11.6 Å². The Bertz CT molecular complexity index is 921. The van der Waals surface area contributed by atoms with Crippen LogP contribution in [0.2, 0.25) is 5.02 Å². The minimum Gasteiger partial charge on any atom is -0.339 e. The average molecular weight is 409 g/mol. The predicted octanol–water partition coefficient (Wildman–Crippen LogP) is 6.00. The van der Waals surface area contributed by atoms with Gasteiger partial charge >= 0.3 is 0 Å². The SMILES string of the molecule is Cc1ccc(Nc2c(-c3ccc(F)cc3Br)c(C)nn2C)c(Cl)c1. The fourth-order valence-electron chi connectivity index (χ4n) is 2.67. The molecule has 0 spiro atoms. The molecular formula is C18H16BrClFN3. The molecule has 0 fully saturated rings. The van der Waals surface area contributed by atoms with Gasteiger partial charge in [0.05, 0.1) is 16.4 Å². The summed E-state index contributed by atoms with van der Waals surface area (Å²) in [7, 11) is 1.86. The van der Waals surface area contributed by atoms with Gasteiger partial charge in [0.25, 0.3) is 0 Å². The van der Waals surface area contributed by atoms with Gasteiger partial charge in [-0.25, -0.2) is 4.39 Å². The predicted molar refractivity (Wildman–Crippen MR) is 101 cm³/mol. The highest BCUT2D eigenvalue weighted by Gasteiger charge is 2.18. The maximum absolute atomic E-state index is 13.4. The van der Waals surface area contributed by atoms with E-state index in [0.29, 0.717) is 9.50 Å². The van der Waals surface area contributed by atoms with E-state index in [1.54, 1.807) is 10.7 Å². The fourth-order valence-corrected chi connectivity index (χ4v) is 3.50. The van der Waals surface area contributed by atoms with Crippen LogP contribution in [-0.2, 0) is 7.05 Å². The van der Waals surface area contributed by atoms with E-state index in [1.165, 1.54) is 12.1 Å². The molecule has 0 amide bonds. The largest absolute Gasteiger partial charge is 0.339 e. The first-order valence-electron chi connectivity index (χ1n) is 7.39. The monoisotopic (exact) mass is 407 g/mol. The van der Waals surface area contributed by atoms with Crippen molar-refractivity contribution in [3.05, 3.63) is 63.0 Å². The molecule has 3 aromatic rings. The van der Waals surface area contributed by atoms with Crippen LogP contribution in [0, 0.1) is 19.7 Å². The summed E-state index contributed by atoms with van der Waals surface area (Å²) >= 11 is 9.78. The van der Waals surface area contributed by atoms with Crippen LogP contribution in [0.4, 0.5) is 15.9 Å². The Balaban J connectivity index is 2.12. The molecule has 0 atom stereocenters. The molecule has 1 heterocycles. The first-order valence-corrected chi connectivity index (χ1v) is 8.56. The van der Waals surface area contributed by atoms with Crippen molar-refractivity contribution in [2.45, 2.75) is 13.8 Å². The van der Waals surface area contributed by atoms with Crippen LogP contribution in [-0.4, -0.2) is 9.78 Å². The Labute approximate surface area is 153 Å². The number of aromatic nitrogens is 2. The van der Waals surface area contributed by atoms with Crippen molar-refractivity contribution in [3.8, 4) is 11.1 Å². The molecular weight excluding hydrogens is 393 g/mol. The van der Waals surface area contributed by atoms with Crippen LogP contribution >= 0.6 is 27.5 Å². The molecule has 0 bridgehead atoms. The number of hydrogen-bond acceptors (Lipinski definition) is 2. The van der Waals surface area contributed by atoms with Crippen molar-refractivity contribution >= 4 is 39.0 Å². The highest BCUT2D eigenvalue weighted by atomic mass is 79.9. The van der Waals surface area contributed by atoms with Gasteiger partial charge < -0.3 is 5.32 Å². The fraction of sp³-hybridized carbons (Fsp3) is 0.167. The summed E-state index contributed by atoms with van der Waals surface area (Å²) in [5.41, 5.74) is 4.50. The zero-order chi connectivity index (χ0) is 17.4. The van der Waals surface area contributed by atoms with E-state index in [9.17, 15) is 4.39 Å². The third-order valence-electron chi connectivity index (χ3n) is 3.80. The molecule has 124 valence electrons. The molecule has 0 radical (unpaired) electrons. The summed E-state index contributed by atoms with van der Waals surface area (Å²) in [5.74, 6) is 0.508. The lowest BCUT2D eigenvalue weighted by Crippen LogP contribution is -2.01. The van der Waals surface area contributed by atoms with Crippen molar-refractivity contribution in [2.75, 3.05) is 5.32 Å². The smallest absolute Gasteiger partial charge is 0.136 e. The molecule has 2 aromatic carbocycles. The second-order valence-electron chi connectivity index (χ2n) is 5.67. The average Bonchev–Trinajstić information content (AvgIpc) is 2.76. The Kier molecular flexibility index (Phi) is 4.65. The molecule has 0 saturated heterocycles. The van der Waals surface area contributed by atoms with Crippen molar-refractivity contribution < 1.29 is 4.39 Å². The summed E-state index contributed by atoms with van der Waals surface area (Å²) < 4.78 is 15.9. The van der Waals surface area contributed by atoms with Gasteiger partial charge in [0.15, 0.2) is 0 Å². The lowest BCUT2D eigenvalue weighted by molar-refractivity contribution is 0.627. The van der Waals surface area contributed by atoms with Gasteiger partial charge in [0.2, 0.25) is 0 Å². The molecule has 0 aliphatic heterocycles. The van der Waals surface area contributed by atoms with Crippen LogP contribution in [0.5, 0.6) is 0 Å². The molecule has 0 unspecified atom stereocenters. The Morgan fingerprint density at radius 2 is 1.92 bits per heavy atom. The number of nitrogens with one attached hydrogen (secondary N) is 1. The minimum absolute atomic E-state index is 0.289. The summed E-state index contributed by atoms with van der Waals surface area (Å²) in [6, 6.07) is 10.5. The normalized spacial score (nSPS) is 10.9. The van der Waals surface area contributed by atoms with Crippen molar-refractivity contribution in [3.63, 3.8) is 0 Å². The summed E-state index contributed by atoms with van der Waals surface area (Å²) in [6.45, 7) is 3.91. The second-order valence-corrected chi connectivity index (χ2v) is 6.93. The van der Waals surface area contributed by atoms with Gasteiger partial charge in [-0.15, -0.1) is 0 Å². The topological polar surface area (TPSA) is 29.9 Å². The highest BCUT2D eigenvalue weighted by Crippen LogP contribution is 2.38. The molecule has 0 aliphatic rings.